The van der Waals surface area contributed by atoms with Crippen LogP contribution >= 0.6 is 0 Å². The van der Waals surface area contributed by atoms with E-state index < -0.39 is 22.5 Å². The molecule has 0 atom stereocenters. The first-order chi connectivity index (χ1) is 15.3. The molecule has 3 aromatic rings. The Morgan fingerprint density at radius 2 is 1.78 bits per heavy atom. The highest BCUT2D eigenvalue weighted by Gasteiger charge is 2.31. The van der Waals surface area contributed by atoms with E-state index in [9.17, 15) is 18.3 Å². The number of benzene rings is 1. The summed E-state index contributed by atoms with van der Waals surface area (Å²) >= 11 is 0. The van der Waals surface area contributed by atoms with Crippen LogP contribution in [-0.4, -0.2) is 54.0 Å². The van der Waals surface area contributed by atoms with Crippen LogP contribution in [0.1, 0.15) is 16.8 Å². The van der Waals surface area contributed by atoms with Gasteiger partial charge in [-0.3, -0.25) is 14.1 Å². The van der Waals surface area contributed by atoms with E-state index >= 15 is 0 Å². The molecule has 3 rings (SSSR count). The van der Waals surface area contributed by atoms with E-state index in [4.69, 9.17) is 0 Å². The zero-order valence-electron chi connectivity index (χ0n) is 18.0. The maximum absolute atomic E-state index is 13.6. The van der Waals surface area contributed by atoms with E-state index in [-0.39, 0.29) is 24.7 Å². The summed E-state index contributed by atoms with van der Waals surface area (Å²) in [5.74, 6) is -0.455. The molecule has 0 spiro atoms. The van der Waals surface area contributed by atoms with Gasteiger partial charge in [0.05, 0.1) is 24.5 Å². The molecule has 1 aromatic carbocycles. The van der Waals surface area contributed by atoms with Gasteiger partial charge in [0.15, 0.2) is 5.03 Å². The van der Waals surface area contributed by atoms with Crippen molar-refractivity contribution in [2.24, 2.45) is 0 Å². The van der Waals surface area contributed by atoms with Crippen molar-refractivity contribution >= 4 is 21.6 Å². The fraction of sp³-hybridized carbons (Fsp3) is 0.261. The first-order valence-corrected chi connectivity index (χ1v) is 11.6. The van der Waals surface area contributed by atoms with E-state index in [1.54, 1.807) is 61.7 Å². The molecule has 1 N–H and O–H groups in total. The summed E-state index contributed by atoms with van der Waals surface area (Å²) in [6.45, 7) is 3.03. The minimum Gasteiger partial charge on any atom is -0.395 e. The van der Waals surface area contributed by atoms with Crippen LogP contribution in [0.15, 0.2) is 72.0 Å². The molecule has 32 heavy (non-hydrogen) atoms. The van der Waals surface area contributed by atoms with Crippen LogP contribution in [0.3, 0.4) is 0 Å². The van der Waals surface area contributed by atoms with E-state index in [1.165, 1.54) is 11.1 Å². The molecule has 168 valence electrons. The highest BCUT2D eigenvalue weighted by Crippen LogP contribution is 2.25. The second-order valence-corrected chi connectivity index (χ2v) is 9.11. The number of nitrogens with zero attached hydrogens (tertiary/aromatic N) is 4. The van der Waals surface area contributed by atoms with Crippen LogP contribution in [0.4, 0.5) is 5.69 Å². The normalized spacial score (nSPS) is 11.2. The highest BCUT2D eigenvalue weighted by molar-refractivity contribution is 7.92. The summed E-state index contributed by atoms with van der Waals surface area (Å²) in [4.78, 5) is 22.9. The van der Waals surface area contributed by atoms with Gasteiger partial charge in [-0.2, -0.15) is 8.42 Å². The number of anilines is 1. The number of sulfonamides is 1. The van der Waals surface area contributed by atoms with Crippen LogP contribution in [0.25, 0.3) is 0 Å². The lowest BCUT2D eigenvalue weighted by Crippen LogP contribution is -2.44. The van der Waals surface area contributed by atoms with Crippen LogP contribution in [-0.2, 0) is 21.4 Å². The Morgan fingerprint density at radius 3 is 2.44 bits per heavy atom. The van der Waals surface area contributed by atoms with E-state index in [2.05, 4.69) is 9.97 Å². The Labute approximate surface area is 188 Å². The molecule has 0 fully saturated rings. The topological polar surface area (TPSA) is 104 Å². The minimum atomic E-state index is -4.12. The molecule has 0 saturated heterocycles. The molecule has 2 aromatic heterocycles. The van der Waals surface area contributed by atoms with E-state index in [1.807, 2.05) is 13.0 Å². The summed E-state index contributed by atoms with van der Waals surface area (Å²) in [6.07, 6.45) is 3.03. The molecule has 0 unspecified atom stereocenters. The third-order valence-electron chi connectivity index (χ3n) is 4.87. The Hall–Kier alpha value is -3.30. The average molecular weight is 455 g/mol. The standard InChI is InChI=1S/C23H26N4O4S/c1-18-7-5-10-21(15-18)27(32(30,31)23-19(2)8-6-12-25-23)17-22(29)26(13-14-28)16-20-9-3-4-11-24-20/h3-12,15,28H,13-14,16-17H2,1-2H3. The number of aliphatic hydroxyl groups excluding tert-OH is 1. The first kappa shape index (κ1) is 23.4. The highest BCUT2D eigenvalue weighted by atomic mass is 32.2. The fourth-order valence-electron chi connectivity index (χ4n) is 3.27. The summed E-state index contributed by atoms with van der Waals surface area (Å²) in [5.41, 5.74) is 2.34. The number of hydrogen-bond acceptors (Lipinski definition) is 6. The van der Waals surface area contributed by atoms with Crippen molar-refractivity contribution in [2.75, 3.05) is 24.0 Å². The lowest BCUT2D eigenvalue weighted by molar-refractivity contribution is -0.130. The minimum absolute atomic E-state index is 0.0553. The molecule has 1 amide bonds. The van der Waals surface area contributed by atoms with Crippen LogP contribution in [0.2, 0.25) is 0 Å². The lowest BCUT2D eigenvalue weighted by atomic mass is 10.2. The molecule has 0 aliphatic heterocycles. The molecule has 0 radical (unpaired) electrons. The Bertz CT molecular complexity index is 1170. The average Bonchev–Trinajstić information content (AvgIpc) is 2.77. The van der Waals surface area contributed by atoms with Gasteiger partial charge < -0.3 is 10.0 Å². The Kier molecular flexibility index (Phi) is 7.55. The molecule has 0 aliphatic rings. The van der Waals surface area contributed by atoms with Crippen LogP contribution in [0.5, 0.6) is 0 Å². The Balaban J connectivity index is 1.98. The fourth-order valence-corrected chi connectivity index (χ4v) is 4.82. The number of aliphatic hydroxyl groups is 1. The van der Waals surface area contributed by atoms with E-state index in [0.29, 0.717) is 16.9 Å². The number of carbonyl (C=O) groups excluding carboxylic acids is 1. The second-order valence-electron chi connectivity index (χ2n) is 7.34. The summed E-state index contributed by atoms with van der Waals surface area (Å²) < 4.78 is 28.2. The van der Waals surface area contributed by atoms with Gasteiger partial charge in [0.1, 0.15) is 6.54 Å². The van der Waals surface area contributed by atoms with Crippen LogP contribution < -0.4 is 4.31 Å². The smallest absolute Gasteiger partial charge is 0.282 e. The largest absolute Gasteiger partial charge is 0.395 e. The van der Waals surface area contributed by atoms with E-state index in [0.717, 1.165) is 9.87 Å². The number of rotatable bonds is 9. The second kappa shape index (κ2) is 10.3. The Morgan fingerprint density at radius 1 is 1.00 bits per heavy atom. The quantitative estimate of drug-likeness (QED) is 0.532. The molecule has 0 bridgehead atoms. The third kappa shape index (κ3) is 5.49. The molecular weight excluding hydrogens is 428 g/mol. The van der Waals surface area contributed by atoms with Crippen molar-refractivity contribution in [3.8, 4) is 0 Å². The molecule has 0 saturated carbocycles. The molecular formula is C23H26N4O4S. The predicted molar refractivity (Wildman–Crippen MR) is 121 cm³/mol. The van der Waals surface area contributed by atoms with Gasteiger partial charge in [-0.15, -0.1) is 0 Å². The SMILES string of the molecule is Cc1cccc(N(CC(=O)N(CCO)Cc2ccccn2)S(=O)(=O)c2ncccc2C)c1. The van der Waals surface area contributed by atoms with Gasteiger partial charge in [-0.05, 0) is 55.3 Å². The lowest BCUT2D eigenvalue weighted by Gasteiger charge is -2.28. The number of amides is 1. The number of aromatic nitrogens is 2. The van der Waals surface area contributed by atoms with Gasteiger partial charge >= 0.3 is 0 Å². The first-order valence-electron chi connectivity index (χ1n) is 10.1. The molecule has 0 aliphatic carbocycles. The summed E-state index contributed by atoms with van der Waals surface area (Å²) in [7, 11) is -4.12. The zero-order chi connectivity index (χ0) is 23.1. The number of carbonyl (C=O) groups is 1. The monoisotopic (exact) mass is 454 g/mol. The molecule has 8 nitrogen and oxygen atoms in total. The summed E-state index contributed by atoms with van der Waals surface area (Å²) in [6, 6.07) is 15.6. The van der Waals surface area contributed by atoms with Crippen molar-refractivity contribution in [2.45, 2.75) is 25.4 Å². The number of pyridine rings is 2. The maximum Gasteiger partial charge on any atom is 0.282 e. The maximum atomic E-state index is 13.6. The van der Waals surface area contributed by atoms with Gasteiger partial charge in [0, 0.05) is 18.9 Å². The van der Waals surface area contributed by atoms with Gasteiger partial charge in [0.25, 0.3) is 10.0 Å². The van der Waals surface area contributed by atoms with Crippen molar-refractivity contribution < 1.29 is 18.3 Å². The third-order valence-corrected chi connectivity index (χ3v) is 6.70. The van der Waals surface area contributed by atoms with Gasteiger partial charge in [-0.25, -0.2) is 4.98 Å². The predicted octanol–water partition coefficient (Wildman–Crippen LogP) is 2.31. The molecule has 2 heterocycles. The van der Waals surface area contributed by atoms with Crippen LogP contribution in [0, 0.1) is 13.8 Å². The number of hydrogen-bond donors (Lipinski definition) is 1. The van der Waals surface area contributed by atoms with Crippen molar-refractivity contribution in [1.82, 2.24) is 14.9 Å². The van der Waals surface area contributed by atoms with Crippen molar-refractivity contribution in [1.29, 1.82) is 0 Å². The van der Waals surface area contributed by atoms with Crippen molar-refractivity contribution in [3.63, 3.8) is 0 Å². The molecule has 9 heteroatoms. The van der Waals surface area contributed by atoms with Gasteiger partial charge in [-0.1, -0.05) is 24.3 Å². The number of aryl methyl sites for hydroxylation is 2. The summed E-state index contributed by atoms with van der Waals surface area (Å²) in [5, 5.41) is 9.37. The van der Waals surface area contributed by atoms with Crippen molar-refractivity contribution in [3.05, 3.63) is 83.8 Å². The van der Waals surface area contributed by atoms with Gasteiger partial charge in [0.2, 0.25) is 5.91 Å². The zero-order valence-corrected chi connectivity index (χ0v) is 18.9.